The Hall–Kier alpha value is -1.56. The van der Waals surface area contributed by atoms with Crippen LogP contribution in [0.3, 0.4) is 0 Å². The molecule has 5 nitrogen and oxygen atoms in total. The SMILES string of the molecule is COc1ccc2c3c1O[C@H]1C[C@@H](O)C=C[C@@]31CCN(CCC[N+](C)(C)C)C2. The van der Waals surface area contributed by atoms with E-state index in [0.29, 0.717) is 6.42 Å². The van der Waals surface area contributed by atoms with E-state index in [1.807, 2.05) is 12.1 Å². The Balaban J connectivity index is 1.66. The monoisotopic (exact) mass is 373 g/mol. The zero-order valence-electron chi connectivity index (χ0n) is 17.1. The lowest BCUT2D eigenvalue weighted by molar-refractivity contribution is -0.870. The summed E-state index contributed by atoms with van der Waals surface area (Å²) in [6.07, 6.45) is 6.63. The quantitative estimate of drug-likeness (QED) is 0.635. The van der Waals surface area contributed by atoms with Gasteiger partial charge >= 0.3 is 0 Å². The lowest BCUT2D eigenvalue weighted by atomic mass is 9.69. The number of nitrogens with zero attached hydrogens (tertiary/aromatic N) is 2. The van der Waals surface area contributed by atoms with E-state index in [0.717, 1.165) is 42.0 Å². The lowest BCUT2D eigenvalue weighted by Gasteiger charge is -2.36. The summed E-state index contributed by atoms with van der Waals surface area (Å²) in [7, 11) is 8.46. The lowest BCUT2D eigenvalue weighted by Crippen LogP contribution is -2.43. The molecule has 2 heterocycles. The molecule has 3 aliphatic rings. The van der Waals surface area contributed by atoms with E-state index in [9.17, 15) is 5.11 Å². The molecule has 0 radical (unpaired) electrons. The number of ether oxygens (including phenoxy) is 2. The fourth-order valence-corrected chi connectivity index (χ4v) is 4.95. The summed E-state index contributed by atoms with van der Waals surface area (Å²) in [5.41, 5.74) is 2.51. The summed E-state index contributed by atoms with van der Waals surface area (Å²) < 4.78 is 13.0. The van der Waals surface area contributed by atoms with Gasteiger partial charge in [0.25, 0.3) is 0 Å². The minimum absolute atomic E-state index is 0.00579. The molecule has 3 atom stereocenters. The van der Waals surface area contributed by atoms with Crippen molar-refractivity contribution in [3.05, 3.63) is 35.4 Å². The average molecular weight is 374 g/mol. The zero-order chi connectivity index (χ0) is 19.2. The first-order valence-electron chi connectivity index (χ1n) is 10.1. The van der Waals surface area contributed by atoms with Crippen LogP contribution in [-0.4, -0.2) is 74.6 Å². The molecule has 4 rings (SSSR count). The van der Waals surface area contributed by atoms with Gasteiger partial charge in [0.2, 0.25) is 0 Å². The van der Waals surface area contributed by atoms with Crippen LogP contribution in [-0.2, 0) is 12.0 Å². The number of aliphatic hydroxyl groups excluding tert-OH is 1. The van der Waals surface area contributed by atoms with Crippen LogP contribution in [0.25, 0.3) is 0 Å². The first kappa shape index (κ1) is 18.8. The van der Waals surface area contributed by atoms with E-state index in [1.54, 1.807) is 7.11 Å². The van der Waals surface area contributed by atoms with Crippen LogP contribution in [0, 0.1) is 0 Å². The van der Waals surface area contributed by atoms with Crippen molar-refractivity contribution in [1.82, 2.24) is 4.90 Å². The van der Waals surface area contributed by atoms with Gasteiger partial charge in [0.15, 0.2) is 11.5 Å². The molecular weight excluding hydrogens is 340 g/mol. The van der Waals surface area contributed by atoms with E-state index >= 15 is 0 Å². The van der Waals surface area contributed by atoms with Gasteiger partial charge < -0.3 is 19.1 Å². The van der Waals surface area contributed by atoms with Gasteiger partial charge in [-0.15, -0.1) is 0 Å². The fraction of sp³-hybridized carbons (Fsp3) is 0.636. The number of benzene rings is 1. The number of rotatable bonds is 5. The number of quaternary nitrogens is 1. The molecule has 1 N–H and O–H groups in total. The Morgan fingerprint density at radius 3 is 2.89 bits per heavy atom. The third kappa shape index (κ3) is 3.37. The topological polar surface area (TPSA) is 41.9 Å². The van der Waals surface area contributed by atoms with Crippen LogP contribution >= 0.6 is 0 Å². The molecule has 1 spiro atoms. The smallest absolute Gasteiger partial charge is 0.166 e. The van der Waals surface area contributed by atoms with Crippen molar-refractivity contribution in [2.24, 2.45) is 0 Å². The number of hydrogen-bond donors (Lipinski definition) is 1. The van der Waals surface area contributed by atoms with E-state index < -0.39 is 6.10 Å². The molecule has 0 amide bonds. The third-order valence-electron chi connectivity index (χ3n) is 6.34. The highest BCUT2D eigenvalue weighted by Crippen LogP contribution is 2.55. The first-order chi connectivity index (χ1) is 12.8. The van der Waals surface area contributed by atoms with E-state index in [4.69, 9.17) is 9.47 Å². The van der Waals surface area contributed by atoms with Crippen molar-refractivity contribution >= 4 is 0 Å². The summed E-state index contributed by atoms with van der Waals surface area (Å²) in [6, 6.07) is 4.25. The maximum Gasteiger partial charge on any atom is 0.166 e. The van der Waals surface area contributed by atoms with Crippen molar-refractivity contribution in [3.8, 4) is 11.5 Å². The summed E-state index contributed by atoms with van der Waals surface area (Å²) >= 11 is 0. The van der Waals surface area contributed by atoms with Crippen molar-refractivity contribution < 1.29 is 19.1 Å². The molecule has 0 unspecified atom stereocenters. The van der Waals surface area contributed by atoms with Crippen LogP contribution in [0.4, 0.5) is 0 Å². The van der Waals surface area contributed by atoms with Gasteiger partial charge in [-0.2, -0.15) is 0 Å². The van der Waals surface area contributed by atoms with Gasteiger partial charge in [-0.25, -0.2) is 0 Å². The van der Waals surface area contributed by atoms with Crippen LogP contribution < -0.4 is 9.47 Å². The molecular formula is C22H33N2O3+. The first-order valence-corrected chi connectivity index (χ1v) is 10.1. The van der Waals surface area contributed by atoms with Crippen molar-refractivity contribution in [2.45, 2.75) is 43.4 Å². The summed E-state index contributed by atoms with van der Waals surface area (Å²) in [4.78, 5) is 2.58. The molecule has 1 aliphatic carbocycles. The maximum atomic E-state index is 10.2. The largest absolute Gasteiger partial charge is 0.493 e. The molecule has 0 aromatic heterocycles. The predicted molar refractivity (Wildman–Crippen MR) is 106 cm³/mol. The van der Waals surface area contributed by atoms with Gasteiger partial charge in [-0.3, -0.25) is 4.90 Å². The maximum absolute atomic E-state index is 10.2. The average Bonchev–Trinajstić information content (AvgIpc) is 2.84. The zero-order valence-corrected chi connectivity index (χ0v) is 17.1. The van der Waals surface area contributed by atoms with Crippen LogP contribution in [0.5, 0.6) is 11.5 Å². The molecule has 0 fully saturated rings. The van der Waals surface area contributed by atoms with Gasteiger partial charge in [-0.1, -0.05) is 18.2 Å². The van der Waals surface area contributed by atoms with Crippen LogP contribution in [0.2, 0.25) is 0 Å². The van der Waals surface area contributed by atoms with Crippen molar-refractivity contribution in [3.63, 3.8) is 0 Å². The second kappa shape index (κ2) is 6.80. The Morgan fingerprint density at radius 1 is 1.33 bits per heavy atom. The summed E-state index contributed by atoms with van der Waals surface area (Å²) in [5.74, 6) is 1.70. The molecule has 1 aromatic rings. The number of methoxy groups -OCH3 is 1. The Labute approximate surface area is 162 Å². The minimum Gasteiger partial charge on any atom is -0.493 e. The third-order valence-corrected chi connectivity index (χ3v) is 6.34. The highest BCUT2D eigenvalue weighted by molar-refractivity contribution is 5.60. The second-order valence-corrected chi connectivity index (χ2v) is 9.33. The van der Waals surface area contributed by atoms with E-state index in [1.165, 1.54) is 24.1 Å². The van der Waals surface area contributed by atoms with Gasteiger partial charge in [0.05, 0.1) is 46.3 Å². The van der Waals surface area contributed by atoms with Crippen LogP contribution in [0.15, 0.2) is 24.3 Å². The molecule has 0 bridgehead atoms. The van der Waals surface area contributed by atoms with Crippen molar-refractivity contribution in [2.75, 3.05) is 47.9 Å². The minimum atomic E-state index is -0.423. The molecule has 148 valence electrons. The van der Waals surface area contributed by atoms with E-state index in [2.05, 4.69) is 38.2 Å². The van der Waals surface area contributed by atoms with Crippen molar-refractivity contribution in [1.29, 1.82) is 0 Å². The predicted octanol–water partition coefficient (Wildman–Crippen LogP) is 2.32. The Bertz CT molecular complexity index is 740. The molecule has 2 aliphatic heterocycles. The van der Waals surface area contributed by atoms with E-state index in [-0.39, 0.29) is 11.5 Å². The molecule has 1 aromatic carbocycles. The van der Waals surface area contributed by atoms with Gasteiger partial charge in [0.1, 0.15) is 6.10 Å². The molecule has 0 saturated heterocycles. The van der Waals surface area contributed by atoms with Gasteiger partial charge in [-0.05, 0) is 24.6 Å². The second-order valence-electron chi connectivity index (χ2n) is 9.33. The summed E-state index contributed by atoms with van der Waals surface area (Å²) in [6.45, 7) is 4.30. The fourth-order valence-electron chi connectivity index (χ4n) is 4.95. The molecule has 5 heteroatoms. The summed E-state index contributed by atoms with van der Waals surface area (Å²) in [5, 5.41) is 10.2. The standard InChI is InChI=1S/C22H33N2O3/c1-24(2,3)13-5-11-23-12-10-22-9-8-17(25)14-19(22)27-21-18(26-4)7-6-16(15-23)20(21)22/h6-9,17,19,25H,5,10-15H2,1-4H3/q+1/t17-,19-,22-/m0/s1. The Kier molecular flexibility index (Phi) is 4.73. The Morgan fingerprint density at radius 2 is 2.15 bits per heavy atom. The number of aliphatic hydroxyl groups is 1. The van der Waals surface area contributed by atoms with Crippen LogP contribution in [0.1, 0.15) is 30.4 Å². The highest BCUT2D eigenvalue weighted by atomic mass is 16.5. The highest BCUT2D eigenvalue weighted by Gasteiger charge is 2.52. The molecule has 0 saturated carbocycles. The number of hydrogen-bond acceptors (Lipinski definition) is 4. The van der Waals surface area contributed by atoms with Gasteiger partial charge in [0, 0.05) is 31.5 Å². The molecule has 27 heavy (non-hydrogen) atoms. The normalized spacial score (nSPS) is 29.7.